The highest BCUT2D eigenvalue weighted by molar-refractivity contribution is 6.15. The molecule has 0 radical (unpaired) electrons. The van der Waals surface area contributed by atoms with Crippen LogP contribution in [0.5, 0.6) is 0 Å². The van der Waals surface area contributed by atoms with Crippen LogP contribution >= 0.6 is 0 Å². The van der Waals surface area contributed by atoms with Gasteiger partial charge in [-0.15, -0.1) is 0 Å². The molecule has 0 amide bonds. The van der Waals surface area contributed by atoms with E-state index in [9.17, 15) is 14.4 Å². The van der Waals surface area contributed by atoms with Crippen LogP contribution in [0.4, 0.5) is 5.69 Å². The van der Waals surface area contributed by atoms with Gasteiger partial charge in [0.25, 0.3) is 0 Å². The molecule has 1 aromatic carbocycles. The number of para-hydroxylation sites is 1. The van der Waals surface area contributed by atoms with Crippen LogP contribution in [0.3, 0.4) is 0 Å². The molecule has 140 valence electrons. The highest BCUT2D eigenvalue weighted by Gasteiger charge is 2.43. The molecule has 1 atom stereocenters. The first-order valence-corrected chi connectivity index (χ1v) is 9.11. The number of carbonyl (C=O) groups excluding carboxylic acids is 3. The van der Waals surface area contributed by atoms with E-state index in [-0.39, 0.29) is 30.0 Å². The van der Waals surface area contributed by atoms with Crippen LogP contribution in [-0.2, 0) is 14.4 Å². The first-order chi connectivity index (χ1) is 12.4. The van der Waals surface area contributed by atoms with Gasteiger partial charge in [0.15, 0.2) is 5.78 Å². The van der Waals surface area contributed by atoms with Crippen LogP contribution in [-0.4, -0.2) is 56.0 Å². The smallest absolute Gasteiger partial charge is 0.172 e. The van der Waals surface area contributed by atoms with E-state index in [0.29, 0.717) is 12.7 Å². The first kappa shape index (κ1) is 20.0. The van der Waals surface area contributed by atoms with E-state index in [4.69, 9.17) is 0 Å². The molecule has 1 saturated carbocycles. The highest BCUT2D eigenvalue weighted by atomic mass is 16.2. The monoisotopic (exact) mass is 356 g/mol. The standard InChI is InChI=1S/C11H16N2.C10H12O3/c1-12-7-9-13(10-8-12)11-5-3-2-4-6-11;1-3-10(6-11)5-8(12)4-7(2)9(10)13/h2-6H,7-10H2,1H3;6H,2-5H2,1H3. The van der Waals surface area contributed by atoms with Gasteiger partial charge in [-0.25, -0.2) is 0 Å². The summed E-state index contributed by atoms with van der Waals surface area (Å²) >= 11 is 0. The summed E-state index contributed by atoms with van der Waals surface area (Å²) < 4.78 is 0. The number of carbonyl (C=O) groups is 3. The first-order valence-electron chi connectivity index (χ1n) is 9.11. The van der Waals surface area contributed by atoms with Gasteiger partial charge in [0, 0.05) is 44.7 Å². The molecule has 1 heterocycles. The zero-order valence-corrected chi connectivity index (χ0v) is 15.7. The van der Waals surface area contributed by atoms with Crippen LogP contribution in [0.15, 0.2) is 42.5 Å². The van der Waals surface area contributed by atoms with Crippen molar-refractivity contribution >= 4 is 23.5 Å². The number of allylic oxidation sites excluding steroid dienone is 1. The Balaban J connectivity index is 0.000000187. The molecule has 0 N–H and O–H groups in total. The number of hydrogen-bond donors (Lipinski definition) is 0. The molecule has 1 aromatic rings. The molecule has 5 nitrogen and oxygen atoms in total. The zero-order chi connectivity index (χ0) is 19.2. The second-order valence-electron chi connectivity index (χ2n) is 7.08. The predicted molar refractivity (Wildman–Crippen MR) is 103 cm³/mol. The summed E-state index contributed by atoms with van der Waals surface area (Å²) in [6.07, 6.45) is 1.12. The number of rotatable bonds is 3. The average molecular weight is 356 g/mol. The summed E-state index contributed by atoms with van der Waals surface area (Å²) in [6.45, 7) is 9.90. The van der Waals surface area contributed by atoms with E-state index < -0.39 is 5.41 Å². The van der Waals surface area contributed by atoms with Gasteiger partial charge in [0.05, 0.1) is 5.41 Å². The topological polar surface area (TPSA) is 57.7 Å². The molecule has 1 unspecified atom stereocenters. The van der Waals surface area contributed by atoms with Crippen molar-refractivity contribution in [2.24, 2.45) is 5.41 Å². The second kappa shape index (κ2) is 8.90. The Kier molecular flexibility index (Phi) is 6.86. The van der Waals surface area contributed by atoms with Crippen molar-refractivity contribution < 1.29 is 14.4 Å². The third kappa shape index (κ3) is 4.67. The molecule has 1 aliphatic carbocycles. The Bertz CT molecular complexity index is 663. The van der Waals surface area contributed by atoms with E-state index in [1.165, 1.54) is 18.8 Å². The molecule has 0 spiro atoms. The van der Waals surface area contributed by atoms with Gasteiger partial charge >= 0.3 is 0 Å². The summed E-state index contributed by atoms with van der Waals surface area (Å²) in [5, 5.41) is 0. The largest absolute Gasteiger partial charge is 0.369 e. The minimum Gasteiger partial charge on any atom is -0.369 e. The van der Waals surface area contributed by atoms with Crippen molar-refractivity contribution in [3.05, 3.63) is 42.5 Å². The van der Waals surface area contributed by atoms with E-state index in [0.717, 1.165) is 13.1 Å². The summed E-state index contributed by atoms with van der Waals surface area (Å²) in [7, 11) is 2.18. The van der Waals surface area contributed by atoms with Crippen LogP contribution in [0.2, 0.25) is 0 Å². The summed E-state index contributed by atoms with van der Waals surface area (Å²) in [5.74, 6) is -0.330. The third-order valence-electron chi connectivity index (χ3n) is 5.18. The molecule has 0 bridgehead atoms. The van der Waals surface area contributed by atoms with Gasteiger partial charge < -0.3 is 14.6 Å². The van der Waals surface area contributed by atoms with E-state index in [1.54, 1.807) is 6.92 Å². The zero-order valence-electron chi connectivity index (χ0n) is 15.7. The quantitative estimate of drug-likeness (QED) is 0.473. The summed E-state index contributed by atoms with van der Waals surface area (Å²) in [6, 6.07) is 10.7. The van der Waals surface area contributed by atoms with Crippen molar-refractivity contribution in [3.63, 3.8) is 0 Å². The lowest BCUT2D eigenvalue weighted by Gasteiger charge is -2.33. The maximum atomic E-state index is 11.6. The Hall–Kier alpha value is -2.27. The van der Waals surface area contributed by atoms with Crippen LogP contribution in [0.25, 0.3) is 0 Å². The summed E-state index contributed by atoms with van der Waals surface area (Å²) in [5.41, 5.74) is 0.521. The van der Waals surface area contributed by atoms with Crippen molar-refractivity contribution in [1.29, 1.82) is 0 Å². The number of nitrogens with zero attached hydrogens (tertiary/aromatic N) is 2. The van der Waals surface area contributed by atoms with Crippen molar-refractivity contribution in [2.45, 2.75) is 26.2 Å². The fraction of sp³-hybridized carbons (Fsp3) is 0.476. The normalized spacial score (nSPS) is 24.1. The fourth-order valence-corrected chi connectivity index (χ4v) is 3.33. The fourth-order valence-electron chi connectivity index (χ4n) is 3.33. The van der Waals surface area contributed by atoms with Crippen LogP contribution in [0, 0.1) is 5.41 Å². The number of benzene rings is 1. The lowest BCUT2D eigenvalue weighted by molar-refractivity contribution is -0.140. The van der Waals surface area contributed by atoms with E-state index in [2.05, 4.69) is 53.8 Å². The minimum atomic E-state index is -1.10. The third-order valence-corrected chi connectivity index (χ3v) is 5.18. The molecule has 2 fully saturated rings. The van der Waals surface area contributed by atoms with Gasteiger partial charge in [-0.3, -0.25) is 9.59 Å². The van der Waals surface area contributed by atoms with Crippen LogP contribution in [0.1, 0.15) is 26.2 Å². The van der Waals surface area contributed by atoms with E-state index in [1.807, 2.05) is 0 Å². The number of piperazine rings is 1. The number of anilines is 1. The highest BCUT2D eigenvalue weighted by Crippen LogP contribution is 2.34. The minimum absolute atomic E-state index is 0.0465. The number of aldehydes is 1. The van der Waals surface area contributed by atoms with Crippen molar-refractivity contribution in [3.8, 4) is 0 Å². The van der Waals surface area contributed by atoms with Gasteiger partial charge in [-0.1, -0.05) is 31.7 Å². The molecule has 1 saturated heterocycles. The number of hydrogen-bond acceptors (Lipinski definition) is 5. The molecule has 3 rings (SSSR count). The second-order valence-corrected chi connectivity index (χ2v) is 7.08. The maximum Gasteiger partial charge on any atom is 0.172 e. The molecular weight excluding hydrogens is 328 g/mol. The molecule has 26 heavy (non-hydrogen) atoms. The van der Waals surface area contributed by atoms with Gasteiger partial charge in [-0.2, -0.15) is 0 Å². The Morgan fingerprint density at radius 3 is 2.27 bits per heavy atom. The molecule has 5 heteroatoms. The lowest BCUT2D eigenvalue weighted by Crippen LogP contribution is -2.44. The van der Waals surface area contributed by atoms with Gasteiger partial charge in [0.1, 0.15) is 12.1 Å². The Morgan fingerprint density at radius 2 is 1.73 bits per heavy atom. The molecule has 2 aliphatic rings. The van der Waals surface area contributed by atoms with E-state index >= 15 is 0 Å². The Labute approximate surface area is 155 Å². The molecule has 1 aliphatic heterocycles. The van der Waals surface area contributed by atoms with Crippen molar-refractivity contribution in [2.75, 3.05) is 38.1 Å². The molecule has 0 aromatic heterocycles. The number of Topliss-reactive ketones (excluding diaryl/α,β-unsaturated/α-hetero) is 2. The number of ketones is 2. The van der Waals surface area contributed by atoms with Crippen LogP contribution < -0.4 is 4.90 Å². The number of likely N-dealkylation sites (N-methyl/N-ethyl adjacent to an activating group) is 1. The Morgan fingerprint density at radius 1 is 1.12 bits per heavy atom. The maximum absolute atomic E-state index is 11.6. The predicted octanol–water partition coefficient (Wildman–Crippen LogP) is 2.51. The lowest BCUT2D eigenvalue weighted by atomic mass is 9.70. The summed E-state index contributed by atoms with van der Waals surface area (Å²) in [4.78, 5) is 38.4. The molecular formula is C21H28N2O3. The van der Waals surface area contributed by atoms with Crippen molar-refractivity contribution in [1.82, 2.24) is 4.90 Å². The van der Waals surface area contributed by atoms with Gasteiger partial charge in [0.2, 0.25) is 0 Å². The SMILES string of the molecule is C=C1CC(=O)CC(C=O)(CC)C1=O.CN1CCN(c2ccccc2)CC1. The average Bonchev–Trinajstić information content (AvgIpc) is 2.66. The van der Waals surface area contributed by atoms with Gasteiger partial charge in [-0.05, 0) is 31.2 Å².